The number of piperidine rings is 2. The van der Waals surface area contributed by atoms with Crippen LogP contribution >= 0.6 is 0 Å². The van der Waals surface area contributed by atoms with Crippen LogP contribution in [-0.4, -0.2) is 61.3 Å². The van der Waals surface area contributed by atoms with Crippen molar-refractivity contribution >= 4 is 5.82 Å². The Labute approximate surface area is 159 Å². The second-order valence-electron chi connectivity index (χ2n) is 8.29. The molecule has 9 nitrogen and oxygen atoms in total. The molecule has 0 radical (unpaired) electrons. The number of rotatable bonds is 5. The molecule has 2 saturated heterocycles. The molecule has 0 unspecified atom stereocenters. The van der Waals surface area contributed by atoms with E-state index in [1.54, 1.807) is 4.68 Å². The molecule has 2 aromatic rings. The molecule has 0 bridgehead atoms. The summed E-state index contributed by atoms with van der Waals surface area (Å²) in [7, 11) is 0. The monoisotopic (exact) mass is 374 g/mol. The van der Waals surface area contributed by atoms with E-state index in [2.05, 4.69) is 44.3 Å². The summed E-state index contributed by atoms with van der Waals surface area (Å²) < 4.78 is 6.51. The molecule has 2 aromatic heterocycles. The Balaban J connectivity index is 1.56. The molecule has 27 heavy (non-hydrogen) atoms. The molecule has 0 saturated carbocycles. The summed E-state index contributed by atoms with van der Waals surface area (Å²) in [6.45, 7) is 10.7. The molecule has 2 aliphatic heterocycles. The molecule has 2 aliphatic rings. The fraction of sp³-hybridized carbons (Fsp3) is 0.778. The standard InChI is InChI=1S/C18H30N8O/c1-13-3-7-24(8-4-13)11-15-16(12-25-9-5-14(2)6-10-25)26(23-20-15)18-17(19)21-27-22-18/h13-14H,3-12H2,1-2H3,(H2,19,21). The van der Waals surface area contributed by atoms with E-state index < -0.39 is 0 Å². The van der Waals surface area contributed by atoms with Crippen molar-refractivity contribution in [1.82, 2.24) is 35.1 Å². The van der Waals surface area contributed by atoms with Crippen LogP contribution < -0.4 is 5.73 Å². The van der Waals surface area contributed by atoms with Gasteiger partial charge in [0.25, 0.3) is 0 Å². The summed E-state index contributed by atoms with van der Waals surface area (Å²) in [6.07, 6.45) is 4.95. The highest BCUT2D eigenvalue weighted by Gasteiger charge is 2.25. The lowest BCUT2D eigenvalue weighted by atomic mass is 9.98. The predicted octanol–water partition coefficient (Wildman–Crippen LogP) is 1.70. The largest absolute Gasteiger partial charge is 0.378 e. The first-order valence-electron chi connectivity index (χ1n) is 10.1. The van der Waals surface area contributed by atoms with Gasteiger partial charge >= 0.3 is 0 Å². The van der Waals surface area contributed by atoms with Crippen LogP contribution in [0.25, 0.3) is 5.82 Å². The van der Waals surface area contributed by atoms with Crippen molar-refractivity contribution in [3.8, 4) is 5.82 Å². The van der Waals surface area contributed by atoms with E-state index in [0.29, 0.717) is 5.82 Å². The highest BCUT2D eigenvalue weighted by Crippen LogP contribution is 2.24. The Morgan fingerprint density at radius 3 is 2.07 bits per heavy atom. The third-order valence-corrected chi connectivity index (χ3v) is 6.04. The molecule has 0 aromatic carbocycles. The van der Waals surface area contributed by atoms with Gasteiger partial charge in [-0.2, -0.15) is 4.68 Å². The van der Waals surface area contributed by atoms with Gasteiger partial charge in [-0.15, -0.1) is 5.10 Å². The maximum absolute atomic E-state index is 5.92. The van der Waals surface area contributed by atoms with E-state index in [-0.39, 0.29) is 5.82 Å². The molecule has 148 valence electrons. The van der Waals surface area contributed by atoms with Gasteiger partial charge in [-0.3, -0.25) is 9.80 Å². The first kappa shape index (κ1) is 18.4. The van der Waals surface area contributed by atoms with E-state index in [4.69, 9.17) is 10.4 Å². The lowest BCUT2D eigenvalue weighted by Crippen LogP contribution is -2.35. The number of hydrogen-bond donors (Lipinski definition) is 1. The lowest BCUT2D eigenvalue weighted by Gasteiger charge is -2.31. The minimum Gasteiger partial charge on any atom is -0.378 e. The zero-order valence-electron chi connectivity index (χ0n) is 16.3. The molecule has 2 fully saturated rings. The highest BCUT2D eigenvalue weighted by atomic mass is 16.6. The molecule has 0 atom stereocenters. The highest BCUT2D eigenvalue weighted by molar-refractivity contribution is 5.44. The fourth-order valence-corrected chi connectivity index (χ4v) is 3.99. The number of aromatic nitrogens is 5. The van der Waals surface area contributed by atoms with Crippen molar-refractivity contribution in [3.05, 3.63) is 11.4 Å². The Morgan fingerprint density at radius 1 is 0.926 bits per heavy atom. The van der Waals surface area contributed by atoms with Crippen LogP contribution in [0.4, 0.5) is 5.82 Å². The number of likely N-dealkylation sites (tertiary alicyclic amines) is 2. The van der Waals surface area contributed by atoms with Gasteiger partial charge in [0.05, 0.1) is 5.69 Å². The third kappa shape index (κ3) is 4.14. The second-order valence-corrected chi connectivity index (χ2v) is 8.29. The molecule has 4 rings (SSSR count). The predicted molar refractivity (Wildman–Crippen MR) is 101 cm³/mol. The fourth-order valence-electron chi connectivity index (χ4n) is 3.99. The normalized spacial score (nSPS) is 21.1. The van der Waals surface area contributed by atoms with Crippen molar-refractivity contribution in [2.45, 2.75) is 52.6 Å². The second kappa shape index (κ2) is 7.93. The molecular weight excluding hydrogens is 344 g/mol. The van der Waals surface area contributed by atoms with Gasteiger partial charge < -0.3 is 5.73 Å². The van der Waals surface area contributed by atoms with Crippen molar-refractivity contribution in [2.75, 3.05) is 31.9 Å². The average molecular weight is 374 g/mol. The number of nitrogens with zero attached hydrogens (tertiary/aromatic N) is 7. The van der Waals surface area contributed by atoms with Gasteiger partial charge in [0, 0.05) is 13.1 Å². The van der Waals surface area contributed by atoms with E-state index in [1.807, 2.05) is 0 Å². The Hall–Kier alpha value is -2.00. The number of nitrogen functional groups attached to an aromatic ring is 1. The molecule has 0 aliphatic carbocycles. The number of anilines is 1. The summed E-state index contributed by atoms with van der Waals surface area (Å²) in [4.78, 5) is 4.95. The van der Waals surface area contributed by atoms with Crippen LogP contribution in [0.1, 0.15) is 50.9 Å². The summed E-state index contributed by atoms with van der Waals surface area (Å²) >= 11 is 0. The quantitative estimate of drug-likeness (QED) is 0.844. The first-order valence-corrected chi connectivity index (χ1v) is 10.1. The minimum atomic E-state index is 0.242. The molecule has 0 amide bonds. The van der Waals surface area contributed by atoms with Gasteiger partial charge in [-0.05, 0) is 74.0 Å². The maximum Gasteiger partial charge on any atom is 0.243 e. The lowest BCUT2D eigenvalue weighted by molar-refractivity contribution is 0.173. The van der Waals surface area contributed by atoms with Gasteiger partial charge in [0.15, 0.2) is 0 Å². The Bertz CT molecular complexity index is 740. The van der Waals surface area contributed by atoms with Gasteiger partial charge in [0.2, 0.25) is 11.6 Å². The minimum absolute atomic E-state index is 0.242. The Kier molecular flexibility index (Phi) is 5.40. The van der Waals surface area contributed by atoms with Gasteiger partial charge in [-0.1, -0.05) is 19.1 Å². The smallest absolute Gasteiger partial charge is 0.243 e. The number of nitrogens with two attached hydrogens (primary N) is 1. The summed E-state index contributed by atoms with van der Waals surface area (Å²) in [5, 5.41) is 16.5. The van der Waals surface area contributed by atoms with Crippen LogP contribution in [0.3, 0.4) is 0 Å². The summed E-state index contributed by atoms with van der Waals surface area (Å²) in [5.41, 5.74) is 7.97. The molecule has 2 N–H and O–H groups in total. The number of hydrogen-bond acceptors (Lipinski definition) is 8. The molecule has 9 heteroatoms. The topological polar surface area (TPSA) is 102 Å². The van der Waals surface area contributed by atoms with Gasteiger partial charge in [0.1, 0.15) is 5.69 Å². The first-order chi connectivity index (χ1) is 13.1. The summed E-state index contributed by atoms with van der Waals surface area (Å²) in [6, 6.07) is 0. The molecular formula is C18H30N8O. The van der Waals surface area contributed by atoms with Crippen LogP contribution in [0, 0.1) is 11.8 Å². The third-order valence-electron chi connectivity index (χ3n) is 6.04. The molecule has 0 spiro atoms. The van der Waals surface area contributed by atoms with Crippen LogP contribution in [-0.2, 0) is 13.1 Å². The Morgan fingerprint density at radius 2 is 1.52 bits per heavy atom. The van der Waals surface area contributed by atoms with E-state index in [9.17, 15) is 0 Å². The van der Waals surface area contributed by atoms with Crippen LogP contribution in [0.5, 0.6) is 0 Å². The molecule has 4 heterocycles. The van der Waals surface area contributed by atoms with Crippen LogP contribution in [0.2, 0.25) is 0 Å². The average Bonchev–Trinajstić information content (AvgIpc) is 3.25. The SMILES string of the molecule is CC1CCN(Cc2nnn(-c3nonc3N)c2CN2CCC(C)CC2)CC1. The zero-order chi connectivity index (χ0) is 18.8. The van der Waals surface area contributed by atoms with E-state index >= 15 is 0 Å². The van der Waals surface area contributed by atoms with Crippen molar-refractivity contribution in [1.29, 1.82) is 0 Å². The van der Waals surface area contributed by atoms with Crippen molar-refractivity contribution in [3.63, 3.8) is 0 Å². The van der Waals surface area contributed by atoms with Crippen molar-refractivity contribution in [2.24, 2.45) is 11.8 Å². The van der Waals surface area contributed by atoms with E-state index in [1.165, 1.54) is 25.7 Å². The zero-order valence-corrected chi connectivity index (χ0v) is 16.3. The van der Waals surface area contributed by atoms with Gasteiger partial charge in [-0.25, -0.2) is 4.63 Å². The van der Waals surface area contributed by atoms with Crippen molar-refractivity contribution < 1.29 is 4.63 Å². The van der Waals surface area contributed by atoms with E-state index in [0.717, 1.165) is 62.5 Å². The summed E-state index contributed by atoms with van der Waals surface area (Å²) in [5.74, 6) is 2.29. The maximum atomic E-state index is 5.92. The van der Waals surface area contributed by atoms with Crippen LogP contribution in [0.15, 0.2) is 4.63 Å².